The maximum absolute atomic E-state index is 12.9. The summed E-state index contributed by atoms with van der Waals surface area (Å²) in [6.07, 6.45) is 1.22. The number of carbonyl (C=O) groups is 1. The molecule has 0 fully saturated rings. The topological polar surface area (TPSA) is 92.7 Å². The van der Waals surface area contributed by atoms with Gasteiger partial charge in [-0.1, -0.05) is 0 Å². The van der Waals surface area contributed by atoms with Crippen molar-refractivity contribution in [2.45, 2.75) is 26.3 Å². The highest BCUT2D eigenvalue weighted by molar-refractivity contribution is 9.10. The van der Waals surface area contributed by atoms with Gasteiger partial charge in [-0.3, -0.25) is 14.3 Å². The van der Waals surface area contributed by atoms with Crippen LogP contribution in [0.4, 0.5) is 10.5 Å². The minimum absolute atomic E-state index is 0.103. The molecule has 1 N–H and O–H groups in total. The Morgan fingerprint density at radius 3 is 2.81 bits per heavy atom. The molecule has 134 valence electrons. The molecule has 0 saturated carbocycles. The molecule has 0 spiro atoms. The van der Waals surface area contributed by atoms with Crippen LogP contribution in [-0.2, 0) is 6.42 Å². The minimum atomic E-state index is -0.961. The van der Waals surface area contributed by atoms with Gasteiger partial charge in [0.15, 0.2) is 5.82 Å². The Morgan fingerprint density at radius 2 is 2.12 bits per heavy atom. The van der Waals surface area contributed by atoms with E-state index in [4.69, 9.17) is 0 Å². The number of aromatic nitrogens is 4. The number of halogens is 1. The highest BCUT2D eigenvalue weighted by atomic mass is 79.9. The highest BCUT2D eigenvalue weighted by Crippen LogP contribution is 2.32. The molecule has 1 aliphatic rings. The molecule has 0 saturated heterocycles. The lowest BCUT2D eigenvalue weighted by molar-refractivity contribution is 0.202. The van der Waals surface area contributed by atoms with Crippen molar-refractivity contribution in [3.8, 4) is 11.4 Å². The van der Waals surface area contributed by atoms with Gasteiger partial charge in [-0.25, -0.2) is 9.78 Å². The van der Waals surface area contributed by atoms with Crippen LogP contribution in [0.15, 0.2) is 33.8 Å². The first-order valence-corrected chi connectivity index (χ1v) is 8.97. The standard InChI is InChI=1S/C17H16BrN5O3/c1-9(2)22-14(20-23-13(18)8-19-15(23)16(22)24)11-3-4-12-10(7-11)5-6-21(12)17(25)26/h3-4,7-9H,5-6H2,1-2H3,(H,25,26). The zero-order chi connectivity index (χ0) is 18.6. The number of benzene rings is 1. The van der Waals surface area contributed by atoms with Gasteiger partial charge in [0.1, 0.15) is 4.60 Å². The Balaban J connectivity index is 1.95. The number of hydrogen-bond donors (Lipinski definition) is 1. The average Bonchev–Trinajstić information content (AvgIpc) is 3.18. The van der Waals surface area contributed by atoms with E-state index < -0.39 is 6.09 Å². The lowest BCUT2D eigenvalue weighted by atomic mass is 10.1. The highest BCUT2D eigenvalue weighted by Gasteiger charge is 2.25. The van der Waals surface area contributed by atoms with Crippen LogP contribution >= 0.6 is 15.9 Å². The molecule has 1 aromatic carbocycles. The second kappa shape index (κ2) is 5.94. The fourth-order valence-electron chi connectivity index (χ4n) is 3.33. The summed E-state index contributed by atoms with van der Waals surface area (Å²) in [5.41, 5.74) is 2.42. The molecule has 2 aromatic heterocycles. The molecule has 0 atom stereocenters. The predicted octanol–water partition coefficient (Wildman–Crippen LogP) is 2.94. The van der Waals surface area contributed by atoms with Crippen molar-refractivity contribution >= 4 is 33.4 Å². The molecule has 26 heavy (non-hydrogen) atoms. The van der Waals surface area contributed by atoms with E-state index in [0.717, 1.165) is 11.1 Å². The van der Waals surface area contributed by atoms with E-state index in [-0.39, 0.29) is 17.2 Å². The molecule has 1 aliphatic heterocycles. The molecule has 9 heteroatoms. The summed E-state index contributed by atoms with van der Waals surface area (Å²) in [7, 11) is 0. The molecule has 0 radical (unpaired) electrons. The largest absolute Gasteiger partial charge is 0.465 e. The van der Waals surface area contributed by atoms with Crippen LogP contribution in [0.3, 0.4) is 0 Å². The monoisotopic (exact) mass is 417 g/mol. The van der Waals surface area contributed by atoms with Crippen LogP contribution in [-0.4, -0.2) is 36.9 Å². The quantitative estimate of drug-likeness (QED) is 0.691. The van der Waals surface area contributed by atoms with E-state index in [1.807, 2.05) is 19.9 Å². The van der Waals surface area contributed by atoms with Crippen molar-refractivity contribution in [3.05, 3.63) is 44.9 Å². The molecule has 0 bridgehead atoms. The molecular formula is C17H16BrN5O3. The number of hydrogen-bond acceptors (Lipinski definition) is 4. The number of carboxylic acid groups (broad SMARTS) is 1. The van der Waals surface area contributed by atoms with Crippen LogP contribution in [0.25, 0.3) is 17.0 Å². The van der Waals surface area contributed by atoms with E-state index >= 15 is 0 Å². The third-order valence-corrected chi connectivity index (χ3v) is 5.05. The zero-order valence-electron chi connectivity index (χ0n) is 14.2. The smallest absolute Gasteiger partial charge is 0.411 e. The number of imidazole rings is 1. The van der Waals surface area contributed by atoms with Crippen molar-refractivity contribution < 1.29 is 9.90 Å². The first-order chi connectivity index (χ1) is 12.4. The van der Waals surface area contributed by atoms with E-state index in [2.05, 4.69) is 26.0 Å². The molecule has 3 aromatic rings. The summed E-state index contributed by atoms with van der Waals surface area (Å²) >= 11 is 3.36. The SMILES string of the molecule is CC(C)n1c(-c2ccc3c(c2)CCN3C(=O)O)nn2c(Br)cnc2c1=O. The van der Waals surface area contributed by atoms with Gasteiger partial charge in [-0.2, -0.15) is 4.52 Å². The third kappa shape index (κ3) is 2.42. The summed E-state index contributed by atoms with van der Waals surface area (Å²) in [6.45, 7) is 4.27. The summed E-state index contributed by atoms with van der Waals surface area (Å²) < 4.78 is 3.69. The number of fused-ring (bicyclic) bond motifs is 2. The molecule has 3 heterocycles. The molecule has 0 unspecified atom stereocenters. The normalized spacial score (nSPS) is 13.6. The van der Waals surface area contributed by atoms with Crippen LogP contribution in [0.1, 0.15) is 25.5 Å². The van der Waals surface area contributed by atoms with Gasteiger partial charge in [0.25, 0.3) is 5.56 Å². The van der Waals surface area contributed by atoms with E-state index in [1.165, 1.54) is 9.42 Å². The van der Waals surface area contributed by atoms with E-state index in [0.29, 0.717) is 29.1 Å². The zero-order valence-corrected chi connectivity index (χ0v) is 15.8. The van der Waals surface area contributed by atoms with Gasteiger partial charge < -0.3 is 5.11 Å². The van der Waals surface area contributed by atoms with Gasteiger partial charge in [-0.15, -0.1) is 5.10 Å². The van der Waals surface area contributed by atoms with Crippen molar-refractivity contribution in [2.24, 2.45) is 0 Å². The van der Waals surface area contributed by atoms with Gasteiger partial charge in [0.05, 0.1) is 11.9 Å². The fourth-order valence-corrected chi connectivity index (χ4v) is 3.68. The van der Waals surface area contributed by atoms with E-state index in [1.54, 1.807) is 22.9 Å². The van der Waals surface area contributed by atoms with Crippen LogP contribution in [0.5, 0.6) is 0 Å². The van der Waals surface area contributed by atoms with Crippen molar-refractivity contribution in [1.29, 1.82) is 0 Å². The Labute approximate surface area is 156 Å². The Bertz CT molecular complexity index is 1100. The second-order valence-electron chi connectivity index (χ2n) is 6.44. The Hall–Kier alpha value is -2.68. The minimum Gasteiger partial charge on any atom is -0.465 e. The molecule has 4 rings (SSSR count). The number of anilines is 1. The van der Waals surface area contributed by atoms with Crippen LogP contribution in [0, 0.1) is 0 Å². The van der Waals surface area contributed by atoms with Gasteiger partial charge in [-0.05, 0) is 60.0 Å². The number of amides is 1. The summed E-state index contributed by atoms with van der Waals surface area (Å²) in [6, 6.07) is 5.39. The first kappa shape index (κ1) is 16.8. The molecule has 8 nitrogen and oxygen atoms in total. The third-order valence-electron chi connectivity index (χ3n) is 4.51. The van der Waals surface area contributed by atoms with Crippen molar-refractivity contribution in [1.82, 2.24) is 19.2 Å². The van der Waals surface area contributed by atoms with Crippen LogP contribution < -0.4 is 10.5 Å². The van der Waals surface area contributed by atoms with Gasteiger partial charge in [0, 0.05) is 18.2 Å². The Morgan fingerprint density at radius 1 is 1.35 bits per heavy atom. The average molecular weight is 418 g/mol. The summed E-state index contributed by atoms with van der Waals surface area (Å²) in [4.78, 5) is 29.7. The van der Waals surface area contributed by atoms with Crippen LogP contribution in [0.2, 0.25) is 0 Å². The Kier molecular flexibility index (Phi) is 3.83. The molecular weight excluding hydrogens is 402 g/mol. The van der Waals surface area contributed by atoms with Crippen molar-refractivity contribution in [2.75, 3.05) is 11.4 Å². The molecule has 1 amide bonds. The van der Waals surface area contributed by atoms with Gasteiger partial charge in [0.2, 0.25) is 5.65 Å². The first-order valence-electron chi connectivity index (χ1n) is 8.18. The summed E-state index contributed by atoms with van der Waals surface area (Å²) in [5, 5.41) is 13.9. The number of rotatable bonds is 2. The predicted molar refractivity (Wildman–Crippen MR) is 99.8 cm³/mol. The lowest BCUT2D eigenvalue weighted by Crippen LogP contribution is -2.28. The molecule has 0 aliphatic carbocycles. The number of nitrogens with zero attached hydrogens (tertiary/aromatic N) is 5. The maximum Gasteiger partial charge on any atom is 0.411 e. The summed E-state index contributed by atoms with van der Waals surface area (Å²) in [5.74, 6) is 0.521. The maximum atomic E-state index is 12.9. The fraction of sp³-hybridized carbons (Fsp3) is 0.294. The second-order valence-corrected chi connectivity index (χ2v) is 7.25. The lowest BCUT2D eigenvalue weighted by Gasteiger charge is -2.17. The van der Waals surface area contributed by atoms with Gasteiger partial charge >= 0.3 is 6.09 Å². The van der Waals surface area contributed by atoms with Crippen molar-refractivity contribution in [3.63, 3.8) is 0 Å². The van der Waals surface area contributed by atoms with E-state index in [9.17, 15) is 14.7 Å².